The molecule has 1 aromatic rings. The number of benzene rings is 1. The van der Waals surface area contributed by atoms with E-state index in [9.17, 15) is 14.4 Å². The van der Waals surface area contributed by atoms with Crippen molar-refractivity contribution in [2.75, 3.05) is 63.1 Å². The zero-order chi connectivity index (χ0) is 28.9. The fourth-order valence-corrected chi connectivity index (χ4v) is 5.42. The first kappa shape index (κ1) is 29.9. The molecule has 3 fully saturated rings. The van der Waals surface area contributed by atoms with E-state index in [4.69, 9.17) is 9.47 Å². The molecule has 3 saturated heterocycles. The van der Waals surface area contributed by atoms with Gasteiger partial charge in [-0.15, -0.1) is 0 Å². The van der Waals surface area contributed by atoms with Crippen molar-refractivity contribution in [1.29, 1.82) is 0 Å². The zero-order valence-corrected chi connectivity index (χ0v) is 24.1. The van der Waals surface area contributed by atoms with Crippen molar-refractivity contribution in [1.82, 2.24) is 20.7 Å². The van der Waals surface area contributed by atoms with Crippen molar-refractivity contribution >= 4 is 29.3 Å². The van der Waals surface area contributed by atoms with E-state index in [0.29, 0.717) is 23.8 Å². The molecule has 1 unspecified atom stereocenters. The van der Waals surface area contributed by atoms with Gasteiger partial charge in [0.05, 0.1) is 18.5 Å². The molecule has 0 bridgehead atoms. The molecule has 3 heterocycles. The molecule has 222 valence electrons. The van der Waals surface area contributed by atoms with Crippen LogP contribution in [0, 0.1) is 11.7 Å². The van der Waals surface area contributed by atoms with E-state index in [1.807, 2.05) is 25.8 Å². The van der Waals surface area contributed by atoms with Crippen molar-refractivity contribution in [2.24, 2.45) is 5.92 Å². The molecule has 0 aromatic heterocycles. The molecule has 1 aromatic carbocycles. The van der Waals surface area contributed by atoms with Crippen LogP contribution in [0.25, 0.3) is 0 Å². The standard InChI is InChI=1S/C28H43FN6O5/c1-28(2,3)40-27(38)32-35-11-8-19(9-12-35)7-10-33-13-15-34(16-14-33)23-17-20(29)22(18-24(23)39-4)30-21-5-6-25(36)31-26(21)37/h17-19,21,30H,5-16H2,1-4H3,(H,32,38)(H,31,36,37). The van der Waals surface area contributed by atoms with Crippen molar-refractivity contribution in [2.45, 2.75) is 64.5 Å². The highest BCUT2D eigenvalue weighted by atomic mass is 19.1. The van der Waals surface area contributed by atoms with Gasteiger partial charge in [-0.1, -0.05) is 0 Å². The SMILES string of the molecule is COc1cc(NC2CCC(=O)NC2=O)c(F)cc1N1CCN(CCC2CCN(NC(=O)OC(C)(C)C)CC2)CC1. The Morgan fingerprint density at radius 1 is 1.07 bits per heavy atom. The van der Waals surface area contributed by atoms with Gasteiger partial charge in [-0.05, 0) is 58.9 Å². The number of hydrogen-bond acceptors (Lipinski definition) is 9. The van der Waals surface area contributed by atoms with Crippen LogP contribution in [0.1, 0.15) is 52.9 Å². The van der Waals surface area contributed by atoms with E-state index in [1.165, 1.54) is 6.07 Å². The molecule has 0 aliphatic carbocycles. The molecule has 1 atom stereocenters. The summed E-state index contributed by atoms with van der Waals surface area (Å²) in [4.78, 5) is 40.1. The Balaban J connectivity index is 1.22. The van der Waals surface area contributed by atoms with Gasteiger partial charge < -0.3 is 19.7 Å². The van der Waals surface area contributed by atoms with Crippen LogP contribution in [0.4, 0.5) is 20.6 Å². The Bertz CT molecular complexity index is 1060. The number of halogens is 1. The summed E-state index contributed by atoms with van der Waals surface area (Å²) in [5, 5.41) is 7.15. The highest BCUT2D eigenvalue weighted by Gasteiger charge is 2.29. The van der Waals surface area contributed by atoms with E-state index in [-0.39, 0.29) is 18.0 Å². The van der Waals surface area contributed by atoms with Gasteiger partial charge >= 0.3 is 6.09 Å². The van der Waals surface area contributed by atoms with Gasteiger partial charge in [0.15, 0.2) is 0 Å². The van der Waals surface area contributed by atoms with E-state index >= 15 is 4.39 Å². The second-order valence-electron chi connectivity index (χ2n) is 11.8. The lowest BCUT2D eigenvalue weighted by atomic mass is 9.94. The second-order valence-corrected chi connectivity index (χ2v) is 11.8. The summed E-state index contributed by atoms with van der Waals surface area (Å²) in [7, 11) is 1.55. The lowest BCUT2D eigenvalue weighted by Gasteiger charge is -2.38. The fourth-order valence-electron chi connectivity index (χ4n) is 5.42. The third-order valence-corrected chi connectivity index (χ3v) is 7.67. The molecule has 40 heavy (non-hydrogen) atoms. The first-order valence-corrected chi connectivity index (χ1v) is 14.2. The van der Waals surface area contributed by atoms with Crippen LogP contribution in [0.5, 0.6) is 5.75 Å². The summed E-state index contributed by atoms with van der Waals surface area (Å²) in [6.45, 7) is 11.5. The van der Waals surface area contributed by atoms with Gasteiger partial charge in [0.25, 0.3) is 0 Å². The van der Waals surface area contributed by atoms with Gasteiger partial charge in [0, 0.05) is 57.8 Å². The van der Waals surface area contributed by atoms with Crippen LogP contribution in [0.2, 0.25) is 0 Å². The van der Waals surface area contributed by atoms with Crippen LogP contribution >= 0.6 is 0 Å². The van der Waals surface area contributed by atoms with Crippen molar-refractivity contribution in [3.8, 4) is 5.75 Å². The number of methoxy groups -OCH3 is 1. The van der Waals surface area contributed by atoms with Crippen LogP contribution in [-0.4, -0.2) is 92.4 Å². The minimum absolute atomic E-state index is 0.182. The number of piperidine rings is 2. The number of rotatable bonds is 8. The maximum atomic E-state index is 15.1. The summed E-state index contributed by atoms with van der Waals surface area (Å²) in [6.07, 6.45) is 3.31. The van der Waals surface area contributed by atoms with Crippen molar-refractivity contribution in [3.05, 3.63) is 17.9 Å². The van der Waals surface area contributed by atoms with Gasteiger partial charge in [0.2, 0.25) is 11.8 Å². The van der Waals surface area contributed by atoms with Crippen molar-refractivity contribution in [3.63, 3.8) is 0 Å². The molecular formula is C28H43FN6O5. The molecule has 3 aliphatic rings. The first-order valence-electron chi connectivity index (χ1n) is 14.2. The Labute approximate surface area is 235 Å². The number of nitrogens with one attached hydrogen (secondary N) is 3. The average Bonchev–Trinajstić information content (AvgIpc) is 2.90. The van der Waals surface area contributed by atoms with E-state index in [0.717, 1.165) is 65.1 Å². The molecular weight excluding hydrogens is 519 g/mol. The smallest absolute Gasteiger partial charge is 0.422 e. The maximum Gasteiger partial charge on any atom is 0.422 e. The largest absolute Gasteiger partial charge is 0.495 e. The van der Waals surface area contributed by atoms with Gasteiger partial charge in [-0.3, -0.25) is 25.2 Å². The Morgan fingerprint density at radius 3 is 2.40 bits per heavy atom. The van der Waals surface area contributed by atoms with Gasteiger partial charge in [-0.25, -0.2) is 14.2 Å². The topological polar surface area (TPSA) is 115 Å². The predicted molar refractivity (Wildman–Crippen MR) is 150 cm³/mol. The highest BCUT2D eigenvalue weighted by Crippen LogP contribution is 2.35. The number of hydrazine groups is 1. The Hall–Kier alpha value is -3.12. The average molecular weight is 563 g/mol. The summed E-state index contributed by atoms with van der Waals surface area (Å²) in [6, 6.07) is 2.38. The fraction of sp³-hybridized carbons (Fsp3) is 0.679. The number of hydrogen-bond donors (Lipinski definition) is 3. The minimum Gasteiger partial charge on any atom is -0.495 e. The van der Waals surface area contributed by atoms with Crippen LogP contribution in [0.3, 0.4) is 0 Å². The lowest BCUT2D eigenvalue weighted by Crippen LogP contribution is -2.49. The molecule has 0 spiro atoms. The zero-order valence-electron chi connectivity index (χ0n) is 24.1. The molecule has 12 heteroatoms. The number of anilines is 2. The summed E-state index contributed by atoms with van der Waals surface area (Å²) in [5.41, 5.74) is 3.21. The Kier molecular flexibility index (Phi) is 9.72. The molecule has 11 nitrogen and oxygen atoms in total. The quantitative estimate of drug-likeness (QED) is 0.412. The lowest BCUT2D eigenvalue weighted by molar-refractivity contribution is -0.133. The van der Waals surface area contributed by atoms with Crippen LogP contribution in [-0.2, 0) is 14.3 Å². The van der Waals surface area contributed by atoms with Gasteiger partial charge in [0.1, 0.15) is 23.2 Å². The number of carbonyl (C=O) groups is 3. The van der Waals surface area contributed by atoms with Gasteiger partial charge in [-0.2, -0.15) is 0 Å². The number of imide groups is 1. The molecule has 3 N–H and O–H groups in total. The molecule has 0 radical (unpaired) electrons. The van der Waals surface area contributed by atoms with Crippen LogP contribution < -0.4 is 25.7 Å². The summed E-state index contributed by atoms with van der Waals surface area (Å²) < 4.78 is 26.0. The number of amides is 3. The number of piperazine rings is 1. The molecule has 3 amide bonds. The van der Waals surface area contributed by atoms with E-state index in [1.54, 1.807) is 13.2 Å². The van der Waals surface area contributed by atoms with E-state index in [2.05, 4.69) is 25.9 Å². The third kappa shape index (κ3) is 8.20. The van der Waals surface area contributed by atoms with Crippen molar-refractivity contribution < 1.29 is 28.2 Å². The predicted octanol–water partition coefficient (Wildman–Crippen LogP) is 2.72. The Morgan fingerprint density at radius 2 is 1.77 bits per heavy atom. The highest BCUT2D eigenvalue weighted by molar-refractivity contribution is 6.01. The molecule has 3 aliphatic heterocycles. The minimum atomic E-state index is -0.667. The molecule has 0 saturated carbocycles. The summed E-state index contributed by atoms with van der Waals surface area (Å²) in [5.74, 6) is -0.0634. The first-order chi connectivity index (χ1) is 19.0. The number of nitrogens with zero attached hydrogens (tertiary/aromatic N) is 3. The second kappa shape index (κ2) is 13.0. The number of carbonyl (C=O) groups excluding carboxylic acids is 3. The van der Waals surface area contributed by atoms with E-state index < -0.39 is 29.5 Å². The monoisotopic (exact) mass is 562 g/mol. The maximum absolute atomic E-state index is 15.1. The van der Waals surface area contributed by atoms with Crippen LogP contribution in [0.15, 0.2) is 12.1 Å². The normalized spacial score (nSPS) is 21.6. The summed E-state index contributed by atoms with van der Waals surface area (Å²) >= 11 is 0. The third-order valence-electron chi connectivity index (χ3n) is 7.67. The number of ether oxygens (including phenoxy) is 2. The molecule has 4 rings (SSSR count).